The Labute approximate surface area is 155 Å². The highest BCUT2D eigenvalue weighted by molar-refractivity contribution is 5.65. The molecule has 5 aromatic rings. The van der Waals surface area contributed by atoms with E-state index in [1.807, 2.05) is 57.6 Å². The minimum Gasteiger partial charge on any atom is -0.369 e. The van der Waals surface area contributed by atoms with Gasteiger partial charge in [-0.2, -0.15) is 9.61 Å². The number of hydrogen-bond donors (Lipinski definition) is 1. The van der Waals surface area contributed by atoms with E-state index in [9.17, 15) is 0 Å². The lowest BCUT2D eigenvalue weighted by Crippen LogP contribution is -2.10. The molecule has 0 amide bonds. The predicted octanol–water partition coefficient (Wildman–Crippen LogP) is 3.09. The summed E-state index contributed by atoms with van der Waals surface area (Å²) in [5.41, 5.74) is 4.73. The maximum absolute atomic E-state index is 4.68. The Hall–Kier alpha value is -3.74. The molecule has 7 heteroatoms. The fourth-order valence-corrected chi connectivity index (χ4v) is 3.14. The topological polar surface area (TPSA) is 72.4 Å². The van der Waals surface area contributed by atoms with Gasteiger partial charge in [0.05, 0.1) is 17.6 Å². The molecule has 5 aromatic heterocycles. The quantitative estimate of drug-likeness (QED) is 0.524. The van der Waals surface area contributed by atoms with E-state index in [4.69, 9.17) is 0 Å². The van der Waals surface area contributed by atoms with Crippen molar-refractivity contribution in [1.29, 1.82) is 0 Å². The van der Waals surface area contributed by atoms with Crippen molar-refractivity contribution in [3.05, 3.63) is 79.1 Å². The van der Waals surface area contributed by atoms with Crippen LogP contribution in [-0.4, -0.2) is 35.5 Å². The van der Waals surface area contributed by atoms with Crippen LogP contribution in [0.4, 0.5) is 5.82 Å². The zero-order valence-electron chi connectivity index (χ0n) is 14.5. The van der Waals surface area contributed by atoms with Crippen LogP contribution in [0.1, 0.15) is 5.69 Å². The van der Waals surface area contributed by atoms with Crippen LogP contribution in [0.5, 0.6) is 0 Å². The molecule has 0 fully saturated rings. The van der Waals surface area contributed by atoms with Crippen LogP contribution in [0, 0.1) is 0 Å². The van der Waals surface area contributed by atoms with Gasteiger partial charge in [0.1, 0.15) is 11.5 Å². The van der Waals surface area contributed by atoms with Crippen molar-refractivity contribution in [3.63, 3.8) is 0 Å². The molecule has 0 unspecified atom stereocenters. The zero-order chi connectivity index (χ0) is 18.1. The highest BCUT2D eigenvalue weighted by Gasteiger charge is 2.08. The molecule has 7 nitrogen and oxygen atoms in total. The lowest BCUT2D eigenvalue weighted by molar-refractivity contribution is 0.906. The van der Waals surface area contributed by atoms with Gasteiger partial charge in [-0.3, -0.25) is 4.98 Å². The summed E-state index contributed by atoms with van der Waals surface area (Å²) in [5, 5.41) is 7.85. The third-order valence-corrected chi connectivity index (χ3v) is 4.44. The summed E-state index contributed by atoms with van der Waals surface area (Å²) in [7, 11) is 0. The molecule has 0 aromatic carbocycles. The van der Waals surface area contributed by atoms with Crippen molar-refractivity contribution in [2.45, 2.75) is 6.42 Å². The highest BCUT2D eigenvalue weighted by Crippen LogP contribution is 2.21. The summed E-state index contributed by atoms with van der Waals surface area (Å²) in [5.74, 6) is 0.903. The Kier molecular flexibility index (Phi) is 3.75. The van der Waals surface area contributed by atoms with Crippen molar-refractivity contribution in [1.82, 2.24) is 29.0 Å². The SMILES string of the molecule is c1ccn2cc(CCNc3cc(-c4ccncc4)nc4ccnn34)nc2c1. The normalized spacial score (nSPS) is 11.3. The third kappa shape index (κ3) is 2.99. The molecule has 0 radical (unpaired) electrons. The molecule has 0 aliphatic heterocycles. The predicted molar refractivity (Wildman–Crippen MR) is 104 cm³/mol. The number of rotatable bonds is 5. The number of nitrogens with one attached hydrogen (secondary N) is 1. The van der Waals surface area contributed by atoms with Gasteiger partial charge < -0.3 is 9.72 Å². The smallest absolute Gasteiger partial charge is 0.157 e. The number of imidazole rings is 1. The number of fused-ring (bicyclic) bond motifs is 2. The Morgan fingerprint density at radius 1 is 0.926 bits per heavy atom. The van der Waals surface area contributed by atoms with E-state index in [2.05, 4.69) is 31.6 Å². The van der Waals surface area contributed by atoms with Gasteiger partial charge in [-0.05, 0) is 24.3 Å². The molecule has 0 spiro atoms. The minimum absolute atomic E-state index is 0.749. The van der Waals surface area contributed by atoms with Gasteiger partial charge in [0, 0.05) is 55.4 Å². The molecule has 5 heterocycles. The number of hydrogen-bond acceptors (Lipinski definition) is 5. The molecular weight excluding hydrogens is 338 g/mol. The first-order valence-corrected chi connectivity index (χ1v) is 8.78. The molecule has 132 valence electrons. The lowest BCUT2D eigenvalue weighted by atomic mass is 10.2. The van der Waals surface area contributed by atoms with Gasteiger partial charge in [0.2, 0.25) is 0 Å². The minimum atomic E-state index is 0.749. The molecular formula is C20H17N7. The van der Waals surface area contributed by atoms with E-state index in [0.29, 0.717) is 0 Å². The second-order valence-corrected chi connectivity index (χ2v) is 6.24. The number of anilines is 1. The first kappa shape index (κ1) is 15.5. The Morgan fingerprint density at radius 3 is 2.74 bits per heavy atom. The fraction of sp³-hybridized carbons (Fsp3) is 0.100. The number of aromatic nitrogens is 6. The highest BCUT2D eigenvalue weighted by atomic mass is 15.3. The summed E-state index contributed by atoms with van der Waals surface area (Å²) in [6.07, 6.45) is 10.2. The average molecular weight is 355 g/mol. The van der Waals surface area contributed by atoms with Crippen molar-refractivity contribution >= 4 is 17.1 Å². The second kappa shape index (κ2) is 6.53. The van der Waals surface area contributed by atoms with E-state index < -0.39 is 0 Å². The standard InChI is InChI=1S/C20H17N7/c1-2-12-26-14-16(24-18(26)3-1)6-10-22-20-13-17(15-4-8-21-9-5-15)25-19-7-11-23-27(19)20/h1-5,7-9,11-14,22H,6,10H2. The van der Waals surface area contributed by atoms with Gasteiger partial charge in [-0.25, -0.2) is 9.97 Å². The monoisotopic (exact) mass is 355 g/mol. The van der Waals surface area contributed by atoms with E-state index >= 15 is 0 Å². The van der Waals surface area contributed by atoms with Crippen LogP contribution in [-0.2, 0) is 6.42 Å². The second-order valence-electron chi connectivity index (χ2n) is 6.24. The molecule has 27 heavy (non-hydrogen) atoms. The molecule has 0 aliphatic carbocycles. The molecule has 5 rings (SSSR count). The molecule has 0 atom stereocenters. The first-order chi connectivity index (χ1) is 13.4. The van der Waals surface area contributed by atoms with Crippen molar-refractivity contribution in [2.75, 3.05) is 11.9 Å². The summed E-state index contributed by atoms with van der Waals surface area (Å²) in [4.78, 5) is 13.4. The van der Waals surface area contributed by atoms with Crippen molar-refractivity contribution in [2.24, 2.45) is 0 Å². The van der Waals surface area contributed by atoms with E-state index in [1.54, 1.807) is 18.6 Å². The van der Waals surface area contributed by atoms with Gasteiger partial charge in [0.25, 0.3) is 0 Å². The van der Waals surface area contributed by atoms with Gasteiger partial charge in [-0.1, -0.05) is 6.07 Å². The van der Waals surface area contributed by atoms with Crippen LogP contribution in [0.25, 0.3) is 22.6 Å². The Balaban J connectivity index is 1.40. The van der Waals surface area contributed by atoms with E-state index in [1.165, 1.54) is 0 Å². The van der Waals surface area contributed by atoms with Gasteiger partial charge >= 0.3 is 0 Å². The summed E-state index contributed by atoms with van der Waals surface area (Å²) < 4.78 is 3.85. The van der Waals surface area contributed by atoms with Crippen LogP contribution in [0.3, 0.4) is 0 Å². The first-order valence-electron chi connectivity index (χ1n) is 8.78. The maximum Gasteiger partial charge on any atom is 0.157 e. The largest absolute Gasteiger partial charge is 0.369 e. The summed E-state index contributed by atoms with van der Waals surface area (Å²) in [6, 6.07) is 13.8. The molecule has 1 N–H and O–H groups in total. The Bertz CT molecular complexity index is 1170. The van der Waals surface area contributed by atoms with Gasteiger partial charge in [-0.15, -0.1) is 0 Å². The molecule has 0 bridgehead atoms. The fourth-order valence-electron chi connectivity index (χ4n) is 3.14. The molecule has 0 aliphatic rings. The van der Waals surface area contributed by atoms with Crippen LogP contribution in [0.15, 0.2) is 73.4 Å². The van der Waals surface area contributed by atoms with E-state index in [0.717, 1.165) is 47.0 Å². The maximum atomic E-state index is 4.68. The Morgan fingerprint density at radius 2 is 1.85 bits per heavy atom. The zero-order valence-corrected chi connectivity index (χ0v) is 14.5. The average Bonchev–Trinajstić information content (AvgIpc) is 3.35. The van der Waals surface area contributed by atoms with Crippen LogP contribution < -0.4 is 5.32 Å². The summed E-state index contributed by atoms with van der Waals surface area (Å²) in [6.45, 7) is 0.749. The van der Waals surface area contributed by atoms with Crippen molar-refractivity contribution < 1.29 is 0 Å². The summed E-state index contributed by atoms with van der Waals surface area (Å²) >= 11 is 0. The van der Waals surface area contributed by atoms with Crippen LogP contribution >= 0.6 is 0 Å². The lowest BCUT2D eigenvalue weighted by Gasteiger charge is -2.10. The van der Waals surface area contributed by atoms with Gasteiger partial charge in [0.15, 0.2) is 5.65 Å². The van der Waals surface area contributed by atoms with Crippen molar-refractivity contribution in [3.8, 4) is 11.3 Å². The number of pyridine rings is 2. The van der Waals surface area contributed by atoms with E-state index in [-0.39, 0.29) is 0 Å². The molecule has 0 saturated heterocycles. The molecule has 0 saturated carbocycles. The third-order valence-electron chi connectivity index (χ3n) is 4.44. The number of nitrogens with zero attached hydrogens (tertiary/aromatic N) is 6. The van der Waals surface area contributed by atoms with Crippen LogP contribution in [0.2, 0.25) is 0 Å².